The molecule has 0 aromatic heterocycles. The zero-order valence-corrected chi connectivity index (χ0v) is 37.0. The molecule has 322 valence electrons. The molecule has 0 aliphatic carbocycles. The Kier molecular flexibility index (Phi) is 37.8. The van der Waals surface area contributed by atoms with Crippen molar-refractivity contribution in [2.75, 3.05) is 52.5 Å². The molecule has 0 aromatic carbocycles. The summed E-state index contributed by atoms with van der Waals surface area (Å²) in [5.74, 6) is 0.103. The summed E-state index contributed by atoms with van der Waals surface area (Å²) in [4.78, 5) is 30.5. The molecule has 1 fully saturated rings. The van der Waals surface area contributed by atoms with Crippen LogP contribution in [-0.4, -0.2) is 74.2 Å². The highest BCUT2D eigenvalue weighted by Crippen LogP contribution is 2.23. The third-order valence-corrected chi connectivity index (χ3v) is 11.5. The Hall–Kier alpha value is -1.66. The van der Waals surface area contributed by atoms with Crippen LogP contribution in [0.2, 0.25) is 0 Å². The van der Waals surface area contributed by atoms with Crippen molar-refractivity contribution in [1.82, 2.24) is 9.80 Å². The topological polar surface area (TPSA) is 59.1 Å². The molecule has 1 rings (SSSR count). The number of hydrogen-bond acceptors (Lipinski definition) is 6. The van der Waals surface area contributed by atoms with Crippen molar-refractivity contribution in [2.45, 2.75) is 220 Å². The Bertz CT molecular complexity index is 883. The molecular formula is C49H92N2O4. The molecule has 0 unspecified atom stereocenters. The van der Waals surface area contributed by atoms with Crippen molar-refractivity contribution in [3.8, 4) is 0 Å². The summed E-state index contributed by atoms with van der Waals surface area (Å²) in [7, 11) is 0. The smallest absolute Gasteiger partial charge is 0.307 e. The van der Waals surface area contributed by atoms with Crippen LogP contribution < -0.4 is 0 Å². The number of carbonyl (C=O) groups is 2. The SMILES string of the molecule is CCCCC/C=C\C/C=C\CCCCCCCCN(CCCN1CCCC1)CCC(=O)OCCOC(=O)CC(CCCCCCCC)CCCCCCCC. The van der Waals surface area contributed by atoms with Gasteiger partial charge in [-0.25, -0.2) is 0 Å². The molecule has 6 heteroatoms. The molecule has 0 atom stereocenters. The largest absolute Gasteiger partial charge is 0.462 e. The highest BCUT2D eigenvalue weighted by Gasteiger charge is 2.16. The second kappa shape index (κ2) is 40.5. The second-order valence-corrected chi connectivity index (χ2v) is 16.7. The summed E-state index contributed by atoms with van der Waals surface area (Å²) >= 11 is 0. The fourth-order valence-corrected chi connectivity index (χ4v) is 7.89. The second-order valence-electron chi connectivity index (χ2n) is 16.7. The number of nitrogens with zero attached hydrogens (tertiary/aromatic N) is 2. The van der Waals surface area contributed by atoms with E-state index < -0.39 is 0 Å². The Morgan fingerprint density at radius 2 is 1.02 bits per heavy atom. The lowest BCUT2D eigenvalue weighted by Gasteiger charge is -2.23. The van der Waals surface area contributed by atoms with E-state index in [4.69, 9.17) is 9.47 Å². The summed E-state index contributed by atoms with van der Waals surface area (Å²) < 4.78 is 11.1. The lowest BCUT2D eigenvalue weighted by Crippen LogP contribution is -2.32. The van der Waals surface area contributed by atoms with Crippen LogP contribution in [-0.2, 0) is 19.1 Å². The minimum Gasteiger partial charge on any atom is -0.462 e. The van der Waals surface area contributed by atoms with E-state index in [1.165, 1.54) is 174 Å². The number of carbonyl (C=O) groups excluding carboxylic acids is 2. The lowest BCUT2D eigenvalue weighted by atomic mass is 9.91. The van der Waals surface area contributed by atoms with Crippen molar-refractivity contribution >= 4 is 11.9 Å². The van der Waals surface area contributed by atoms with Crippen molar-refractivity contribution in [1.29, 1.82) is 0 Å². The van der Waals surface area contributed by atoms with Crippen LogP contribution in [0.1, 0.15) is 220 Å². The number of hydrogen-bond donors (Lipinski definition) is 0. The van der Waals surface area contributed by atoms with Gasteiger partial charge in [-0.05, 0) is 109 Å². The molecule has 0 amide bonds. The van der Waals surface area contributed by atoms with Crippen LogP contribution in [0.3, 0.4) is 0 Å². The van der Waals surface area contributed by atoms with E-state index in [1.807, 2.05) is 0 Å². The normalized spacial score (nSPS) is 13.7. The molecule has 0 saturated carbocycles. The zero-order chi connectivity index (χ0) is 39.7. The van der Waals surface area contributed by atoms with Crippen LogP contribution in [0, 0.1) is 5.92 Å². The van der Waals surface area contributed by atoms with E-state index in [0.717, 1.165) is 51.9 Å². The number of ether oxygens (including phenoxy) is 2. The molecular weight excluding hydrogens is 681 g/mol. The van der Waals surface area contributed by atoms with Gasteiger partial charge in [0.25, 0.3) is 0 Å². The molecule has 0 radical (unpaired) electrons. The Morgan fingerprint density at radius 3 is 1.62 bits per heavy atom. The molecule has 0 aromatic rings. The highest BCUT2D eigenvalue weighted by atomic mass is 16.6. The maximum atomic E-state index is 12.8. The van der Waals surface area contributed by atoms with Crippen molar-refractivity contribution in [3.63, 3.8) is 0 Å². The van der Waals surface area contributed by atoms with Crippen molar-refractivity contribution < 1.29 is 19.1 Å². The third kappa shape index (κ3) is 35.3. The van der Waals surface area contributed by atoms with Crippen molar-refractivity contribution in [2.24, 2.45) is 5.92 Å². The van der Waals surface area contributed by atoms with Crippen LogP contribution in [0.15, 0.2) is 24.3 Å². The number of likely N-dealkylation sites (tertiary alicyclic amines) is 1. The summed E-state index contributed by atoms with van der Waals surface area (Å²) in [5, 5.41) is 0. The van der Waals surface area contributed by atoms with Gasteiger partial charge in [-0.15, -0.1) is 0 Å². The summed E-state index contributed by atoms with van der Waals surface area (Å²) in [5.41, 5.74) is 0. The average Bonchev–Trinajstić information content (AvgIpc) is 3.71. The van der Waals surface area contributed by atoms with Crippen LogP contribution in [0.5, 0.6) is 0 Å². The Morgan fingerprint density at radius 1 is 0.545 bits per heavy atom. The zero-order valence-electron chi connectivity index (χ0n) is 37.0. The van der Waals surface area contributed by atoms with Crippen LogP contribution in [0.25, 0.3) is 0 Å². The number of allylic oxidation sites excluding steroid dienone is 4. The number of esters is 2. The lowest BCUT2D eigenvalue weighted by molar-refractivity contribution is -0.153. The first-order valence-electron chi connectivity index (χ1n) is 24.1. The van der Waals surface area contributed by atoms with Gasteiger partial charge < -0.3 is 19.3 Å². The summed E-state index contributed by atoms with van der Waals surface area (Å²) in [6.07, 6.45) is 46.9. The monoisotopic (exact) mass is 773 g/mol. The first-order valence-corrected chi connectivity index (χ1v) is 24.1. The van der Waals surface area contributed by atoms with Gasteiger partial charge in [-0.1, -0.05) is 161 Å². The van der Waals surface area contributed by atoms with Gasteiger partial charge in [-0.3, -0.25) is 9.59 Å². The quantitative estimate of drug-likeness (QED) is 0.0350. The molecule has 1 saturated heterocycles. The van der Waals surface area contributed by atoms with Gasteiger partial charge in [-0.2, -0.15) is 0 Å². The van der Waals surface area contributed by atoms with E-state index in [1.54, 1.807) is 0 Å². The van der Waals surface area contributed by atoms with E-state index in [2.05, 4.69) is 54.9 Å². The molecule has 1 aliphatic heterocycles. The predicted octanol–water partition coefficient (Wildman–Crippen LogP) is 13.6. The molecule has 55 heavy (non-hydrogen) atoms. The number of unbranched alkanes of at least 4 members (excludes halogenated alkanes) is 19. The fraction of sp³-hybridized carbons (Fsp3) is 0.878. The first kappa shape index (κ1) is 51.4. The maximum absolute atomic E-state index is 12.8. The number of rotatable bonds is 41. The Labute approximate surface area is 342 Å². The minimum atomic E-state index is -0.179. The summed E-state index contributed by atoms with van der Waals surface area (Å²) in [6, 6.07) is 0. The first-order chi connectivity index (χ1) is 27.1. The molecule has 1 aliphatic rings. The standard InChI is InChI=1S/C49H92N2O4/c1-4-7-10-13-16-17-18-19-20-21-22-23-24-25-28-31-38-51(42-34-41-50-39-32-33-40-50)43-37-48(52)54-44-45-55-49(53)46-47(35-29-26-14-11-8-5-2)36-30-27-15-12-9-6-3/h16-17,19-20,47H,4-15,18,21-46H2,1-3H3/b17-16-,20-19-. The third-order valence-electron chi connectivity index (χ3n) is 11.5. The molecule has 0 spiro atoms. The van der Waals surface area contributed by atoms with Crippen LogP contribution in [0.4, 0.5) is 0 Å². The molecule has 6 nitrogen and oxygen atoms in total. The fourth-order valence-electron chi connectivity index (χ4n) is 7.89. The van der Waals surface area contributed by atoms with Crippen molar-refractivity contribution in [3.05, 3.63) is 24.3 Å². The average molecular weight is 773 g/mol. The van der Waals surface area contributed by atoms with Gasteiger partial charge in [0, 0.05) is 13.0 Å². The summed E-state index contributed by atoms with van der Waals surface area (Å²) in [6.45, 7) is 13.6. The predicted molar refractivity (Wildman–Crippen MR) is 237 cm³/mol. The van der Waals surface area contributed by atoms with E-state index in [-0.39, 0.29) is 25.2 Å². The van der Waals surface area contributed by atoms with Gasteiger partial charge in [0.15, 0.2) is 0 Å². The van der Waals surface area contributed by atoms with Gasteiger partial charge in [0.05, 0.1) is 6.42 Å². The van der Waals surface area contributed by atoms with Gasteiger partial charge >= 0.3 is 11.9 Å². The Balaban J connectivity index is 2.29. The van der Waals surface area contributed by atoms with Gasteiger partial charge in [0.2, 0.25) is 0 Å². The highest BCUT2D eigenvalue weighted by molar-refractivity contribution is 5.70. The van der Waals surface area contributed by atoms with E-state index >= 15 is 0 Å². The van der Waals surface area contributed by atoms with Crippen LogP contribution >= 0.6 is 0 Å². The molecule has 1 heterocycles. The molecule has 0 N–H and O–H groups in total. The maximum Gasteiger partial charge on any atom is 0.307 e. The molecule has 0 bridgehead atoms. The van der Waals surface area contributed by atoms with Gasteiger partial charge in [0.1, 0.15) is 13.2 Å². The van der Waals surface area contributed by atoms with E-state index in [0.29, 0.717) is 18.8 Å². The minimum absolute atomic E-state index is 0.129. The van der Waals surface area contributed by atoms with E-state index in [9.17, 15) is 9.59 Å².